The number of amides is 1. The molecule has 0 saturated heterocycles. The number of carbonyl (C=O) groups is 1. The Hall–Kier alpha value is -1.86. The number of sulfonamides is 1. The minimum Gasteiger partial charge on any atom is -0.495 e. The summed E-state index contributed by atoms with van der Waals surface area (Å²) in [5, 5.41) is 2.86. The summed E-state index contributed by atoms with van der Waals surface area (Å²) in [5.74, 6) is -0.0723. The zero-order chi connectivity index (χ0) is 18.3. The van der Waals surface area contributed by atoms with Crippen LogP contribution in [0.1, 0.15) is 49.4 Å². The standard InChI is InChI=1S/C18H26N2O4S/c1-3-20-25(22,23)17-13-15(9-10-16(17)24-2)18(21)19-12-11-14-7-5-4-6-8-14/h7,9-10,13,20H,3-6,8,11-12H2,1-2H3,(H,19,21). The Balaban J connectivity index is 2.07. The molecule has 2 rings (SSSR count). The Bertz CT molecular complexity index is 741. The Labute approximate surface area is 149 Å². The molecule has 1 aliphatic carbocycles. The molecular formula is C18H26N2O4S. The summed E-state index contributed by atoms with van der Waals surface area (Å²) in [7, 11) is -2.31. The van der Waals surface area contributed by atoms with Crippen molar-refractivity contribution in [3.63, 3.8) is 0 Å². The molecule has 0 heterocycles. The lowest BCUT2D eigenvalue weighted by Gasteiger charge is -2.14. The van der Waals surface area contributed by atoms with Gasteiger partial charge in [-0.2, -0.15) is 0 Å². The summed E-state index contributed by atoms with van der Waals surface area (Å²) in [6.45, 7) is 2.50. The van der Waals surface area contributed by atoms with Gasteiger partial charge in [0, 0.05) is 18.7 Å². The van der Waals surface area contributed by atoms with Gasteiger partial charge >= 0.3 is 0 Å². The van der Waals surface area contributed by atoms with Crippen LogP contribution in [0.4, 0.5) is 0 Å². The molecule has 0 radical (unpaired) electrons. The number of methoxy groups -OCH3 is 1. The maximum absolute atomic E-state index is 12.3. The van der Waals surface area contributed by atoms with Gasteiger partial charge in [-0.3, -0.25) is 4.79 Å². The van der Waals surface area contributed by atoms with Gasteiger partial charge in [0.05, 0.1) is 7.11 Å². The van der Waals surface area contributed by atoms with Crippen LogP contribution < -0.4 is 14.8 Å². The predicted octanol–water partition coefficient (Wildman–Crippen LogP) is 2.61. The van der Waals surface area contributed by atoms with Crippen LogP contribution in [-0.4, -0.2) is 34.5 Å². The molecule has 0 fully saturated rings. The highest BCUT2D eigenvalue weighted by atomic mass is 32.2. The summed E-state index contributed by atoms with van der Waals surface area (Å²) in [5.41, 5.74) is 1.69. The second-order valence-electron chi connectivity index (χ2n) is 5.98. The zero-order valence-electron chi connectivity index (χ0n) is 14.8. The van der Waals surface area contributed by atoms with Crippen LogP contribution in [0.5, 0.6) is 5.75 Å². The SMILES string of the molecule is CCNS(=O)(=O)c1cc(C(=O)NCCC2=CCCCC2)ccc1OC. The summed E-state index contributed by atoms with van der Waals surface area (Å²) in [4.78, 5) is 12.3. The molecule has 0 spiro atoms. The van der Waals surface area contributed by atoms with E-state index in [1.54, 1.807) is 13.0 Å². The first-order chi connectivity index (χ1) is 12.0. The summed E-state index contributed by atoms with van der Waals surface area (Å²) >= 11 is 0. The molecule has 1 amide bonds. The molecule has 1 aromatic rings. The first-order valence-corrected chi connectivity index (χ1v) is 10.1. The van der Waals surface area contributed by atoms with Crippen molar-refractivity contribution in [1.82, 2.24) is 10.0 Å². The fraction of sp³-hybridized carbons (Fsp3) is 0.500. The molecule has 138 valence electrons. The average Bonchev–Trinajstić information content (AvgIpc) is 2.62. The van der Waals surface area contributed by atoms with E-state index in [9.17, 15) is 13.2 Å². The Morgan fingerprint density at radius 1 is 1.28 bits per heavy atom. The first-order valence-electron chi connectivity index (χ1n) is 8.61. The van der Waals surface area contributed by atoms with Gasteiger partial charge < -0.3 is 10.1 Å². The fourth-order valence-corrected chi connectivity index (χ4v) is 4.10. The lowest BCUT2D eigenvalue weighted by atomic mass is 9.97. The number of carbonyl (C=O) groups excluding carboxylic acids is 1. The third-order valence-corrected chi connectivity index (χ3v) is 5.73. The molecule has 0 saturated carbocycles. The largest absolute Gasteiger partial charge is 0.495 e. The maximum Gasteiger partial charge on any atom is 0.251 e. The number of benzene rings is 1. The highest BCUT2D eigenvalue weighted by Crippen LogP contribution is 2.25. The molecule has 6 nitrogen and oxygen atoms in total. The van der Waals surface area contributed by atoms with Crippen LogP contribution in [0.25, 0.3) is 0 Å². The average molecular weight is 366 g/mol. The molecule has 0 aromatic heterocycles. The van der Waals surface area contributed by atoms with Crippen LogP contribution in [0.15, 0.2) is 34.7 Å². The van der Waals surface area contributed by atoms with Gasteiger partial charge in [0.2, 0.25) is 10.0 Å². The van der Waals surface area contributed by atoms with Gasteiger partial charge in [-0.15, -0.1) is 0 Å². The lowest BCUT2D eigenvalue weighted by Crippen LogP contribution is -2.27. The van der Waals surface area contributed by atoms with Crippen LogP contribution in [-0.2, 0) is 10.0 Å². The smallest absolute Gasteiger partial charge is 0.251 e. The van der Waals surface area contributed by atoms with Crippen molar-refractivity contribution in [2.75, 3.05) is 20.2 Å². The topological polar surface area (TPSA) is 84.5 Å². The third kappa shape index (κ3) is 5.31. The van der Waals surface area contributed by atoms with Crippen molar-refractivity contribution in [1.29, 1.82) is 0 Å². The van der Waals surface area contributed by atoms with E-state index in [4.69, 9.17) is 4.74 Å². The third-order valence-electron chi connectivity index (χ3n) is 4.17. The number of hydrogen-bond acceptors (Lipinski definition) is 4. The van der Waals surface area contributed by atoms with Gasteiger partial charge in [-0.1, -0.05) is 18.6 Å². The highest BCUT2D eigenvalue weighted by molar-refractivity contribution is 7.89. The minimum atomic E-state index is -3.71. The Kier molecular flexibility index (Phi) is 7.01. The van der Waals surface area contributed by atoms with Gasteiger partial charge in [-0.25, -0.2) is 13.1 Å². The van der Waals surface area contributed by atoms with E-state index in [-0.39, 0.29) is 23.1 Å². The number of allylic oxidation sites excluding steroid dienone is 1. The molecule has 2 N–H and O–H groups in total. The highest BCUT2D eigenvalue weighted by Gasteiger charge is 2.20. The van der Waals surface area contributed by atoms with E-state index in [1.807, 2.05) is 0 Å². The van der Waals surface area contributed by atoms with Crippen molar-refractivity contribution in [3.05, 3.63) is 35.4 Å². The number of ether oxygens (including phenoxy) is 1. The molecule has 0 unspecified atom stereocenters. The van der Waals surface area contributed by atoms with E-state index in [0.29, 0.717) is 12.1 Å². The monoisotopic (exact) mass is 366 g/mol. The summed E-state index contributed by atoms with van der Waals surface area (Å²) < 4.78 is 32.1. The Morgan fingerprint density at radius 3 is 2.72 bits per heavy atom. The van der Waals surface area contributed by atoms with Crippen molar-refractivity contribution in [2.24, 2.45) is 0 Å². The fourth-order valence-electron chi connectivity index (χ4n) is 2.87. The zero-order valence-corrected chi connectivity index (χ0v) is 15.6. The molecule has 0 atom stereocenters. The van der Waals surface area contributed by atoms with Crippen LogP contribution in [0.2, 0.25) is 0 Å². The normalized spacial score (nSPS) is 14.7. The van der Waals surface area contributed by atoms with E-state index in [2.05, 4.69) is 16.1 Å². The minimum absolute atomic E-state index is 0.0283. The van der Waals surface area contributed by atoms with E-state index in [1.165, 1.54) is 37.7 Å². The van der Waals surface area contributed by atoms with Gasteiger partial charge in [0.25, 0.3) is 5.91 Å². The molecule has 1 aromatic carbocycles. The van der Waals surface area contributed by atoms with Gasteiger partial charge in [-0.05, 0) is 50.3 Å². The molecule has 1 aliphatic rings. The van der Waals surface area contributed by atoms with Gasteiger partial charge in [0.15, 0.2) is 0 Å². The van der Waals surface area contributed by atoms with Crippen LogP contribution >= 0.6 is 0 Å². The van der Waals surface area contributed by atoms with Crippen LogP contribution in [0, 0.1) is 0 Å². The quantitative estimate of drug-likeness (QED) is 0.693. The Morgan fingerprint density at radius 2 is 2.08 bits per heavy atom. The van der Waals surface area contributed by atoms with Crippen molar-refractivity contribution in [2.45, 2.75) is 43.9 Å². The summed E-state index contributed by atoms with van der Waals surface area (Å²) in [6.07, 6.45) is 7.76. The summed E-state index contributed by atoms with van der Waals surface area (Å²) in [6, 6.07) is 4.42. The number of hydrogen-bond donors (Lipinski definition) is 2. The first kappa shape index (κ1) is 19.5. The molecule has 0 bridgehead atoms. The lowest BCUT2D eigenvalue weighted by molar-refractivity contribution is 0.0953. The number of nitrogens with one attached hydrogen (secondary N) is 2. The van der Waals surface area contributed by atoms with Crippen molar-refractivity contribution in [3.8, 4) is 5.75 Å². The predicted molar refractivity (Wildman–Crippen MR) is 97.4 cm³/mol. The van der Waals surface area contributed by atoms with Crippen LogP contribution in [0.3, 0.4) is 0 Å². The molecule has 0 aliphatic heterocycles. The second-order valence-corrected chi connectivity index (χ2v) is 7.72. The van der Waals surface area contributed by atoms with E-state index in [0.717, 1.165) is 19.3 Å². The van der Waals surface area contributed by atoms with Gasteiger partial charge in [0.1, 0.15) is 10.6 Å². The molecule has 7 heteroatoms. The second kappa shape index (κ2) is 9.01. The maximum atomic E-state index is 12.3. The van der Waals surface area contributed by atoms with Crippen molar-refractivity contribution >= 4 is 15.9 Å². The number of rotatable bonds is 8. The van der Waals surface area contributed by atoms with E-state index < -0.39 is 10.0 Å². The molecular weight excluding hydrogens is 340 g/mol. The molecule has 25 heavy (non-hydrogen) atoms. The van der Waals surface area contributed by atoms with E-state index >= 15 is 0 Å². The van der Waals surface area contributed by atoms with Crippen molar-refractivity contribution < 1.29 is 17.9 Å².